The van der Waals surface area contributed by atoms with Gasteiger partial charge < -0.3 is 18.6 Å². The zero-order valence-electron chi connectivity index (χ0n) is 27.0. The highest BCUT2D eigenvalue weighted by Crippen LogP contribution is 2.41. The average Bonchev–Trinajstić information content (AvgIpc) is 3.11. The molecule has 0 heterocycles. The molecular weight excluding hydrogens is 763 g/mol. The van der Waals surface area contributed by atoms with Crippen molar-refractivity contribution in [1.82, 2.24) is 0 Å². The second kappa shape index (κ2) is 12.8. The van der Waals surface area contributed by atoms with Crippen LogP contribution < -0.4 is 8.37 Å². The molecule has 0 saturated heterocycles. The summed E-state index contributed by atoms with van der Waals surface area (Å²) in [6.07, 6.45) is 0. The van der Waals surface area contributed by atoms with Gasteiger partial charge in [-0.15, -0.1) is 0 Å². The van der Waals surface area contributed by atoms with Crippen LogP contribution in [0.3, 0.4) is 0 Å². The molecule has 0 aliphatic carbocycles. The zero-order chi connectivity index (χ0) is 38.8. The summed E-state index contributed by atoms with van der Waals surface area (Å²) in [7, 11) is -11.8. The highest BCUT2D eigenvalue weighted by Gasteiger charge is 2.49. The Balaban J connectivity index is 0.000000189. The molecule has 8 aromatic carbocycles. The second-order valence-electron chi connectivity index (χ2n) is 11.9. The molecule has 0 bridgehead atoms. The molecule has 8 nitrogen and oxygen atoms in total. The Bertz CT molecular complexity index is 2790. The van der Waals surface area contributed by atoms with E-state index in [9.17, 15) is 53.4 Å². The summed E-state index contributed by atoms with van der Waals surface area (Å²) >= 11 is 0. The Hall–Kier alpha value is -6.00. The van der Waals surface area contributed by atoms with Crippen molar-refractivity contribution in [1.29, 1.82) is 0 Å². The highest BCUT2D eigenvalue weighted by atomic mass is 32.2. The van der Waals surface area contributed by atoms with Crippen molar-refractivity contribution in [2.24, 2.45) is 0 Å². The summed E-state index contributed by atoms with van der Waals surface area (Å²) in [6.45, 7) is 0. The van der Waals surface area contributed by atoms with Crippen LogP contribution in [0.1, 0.15) is 0 Å². The fourth-order valence-electron chi connectivity index (χ4n) is 6.30. The average molecular weight is 785 g/mol. The molecule has 8 rings (SSSR count). The molecule has 0 aliphatic heterocycles. The standard InChI is InChI=1S/C20H10F6O6S2.C18H12O2/c21-19(22,23)33(27,28)31-11-5-7-15-16-8-6-12(32-34(29,30)20(24,25)26)10-18(16)14-4-2-1-3-13(14)17(15)9-11;19-11-5-7-15-16-8-6-12(20)10-18(16)14-4-2-1-3-13(14)17(15)9-11/h1-10H;1-10,19-20H. The topological polar surface area (TPSA) is 127 Å². The van der Waals surface area contributed by atoms with Crippen LogP contribution in [0, 0.1) is 0 Å². The maximum atomic E-state index is 12.7. The molecule has 0 saturated carbocycles. The van der Waals surface area contributed by atoms with Crippen LogP contribution >= 0.6 is 0 Å². The molecule has 8 aromatic rings. The minimum absolute atomic E-state index is 0.265. The number of hydrogen-bond acceptors (Lipinski definition) is 8. The van der Waals surface area contributed by atoms with Gasteiger partial charge in [0, 0.05) is 0 Å². The summed E-state index contributed by atoms with van der Waals surface area (Å²) in [6, 6.07) is 31.8. The van der Waals surface area contributed by atoms with Crippen molar-refractivity contribution in [3.8, 4) is 23.0 Å². The van der Waals surface area contributed by atoms with Crippen molar-refractivity contribution in [3.63, 3.8) is 0 Å². The molecule has 54 heavy (non-hydrogen) atoms. The van der Waals surface area contributed by atoms with Crippen LogP contribution in [0.2, 0.25) is 0 Å². The lowest BCUT2D eigenvalue weighted by Crippen LogP contribution is -2.28. The largest absolute Gasteiger partial charge is 0.534 e. The molecule has 2 N–H and O–H groups in total. The van der Waals surface area contributed by atoms with E-state index in [0.717, 1.165) is 56.6 Å². The van der Waals surface area contributed by atoms with E-state index in [-0.39, 0.29) is 22.3 Å². The van der Waals surface area contributed by atoms with Gasteiger partial charge in [0.05, 0.1) is 0 Å². The number of alkyl halides is 6. The zero-order valence-corrected chi connectivity index (χ0v) is 28.6. The molecule has 16 heteroatoms. The van der Waals surface area contributed by atoms with Crippen molar-refractivity contribution in [2.75, 3.05) is 0 Å². The van der Waals surface area contributed by atoms with Crippen LogP contribution in [0.15, 0.2) is 121 Å². The summed E-state index contributed by atoms with van der Waals surface area (Å²) in [5.41, 5.74) is -11.3. The molecule has 0 atom stereocenters. The van der Waals surface area contributed by atoms with Crippen LogP contribution in [-0.4, -0.2) is 38.1 Å². The Morgan fingerprint density at radius 1 is 0.370 bits per heavy atom. The molecule has 0 radical (unpaired) electrons. The molecule has 0 fully saturated rings. The summed E-state index contributed by atoms with van der Waals surface area (Å²) < 4.78 is 130. The summed E-state index contributed by atoms with van der Waals surface area (Å²) in [4.78, 5) is 0. The van der Waals surface area contributed by atoms with E-state index in [1.165, 1.54) is 12.1 Å². The predicted molar refractivity (Wildman–Crippen MR) is 192 cm³/mol. The smallest absolute Gasteiger partial charge is 0.508 e. The molecular formula is C38H22F6O8S2. The van der Waals surface area contributed by atoms with E-state index in [4.69, 9.17) is 0 Å². The number of rotatable bonds is 4. The minimum Gasteiger partial charge on any atom is -0.508 e. The monoisotopic (exact) mass is 784 g/mol. The van der Waals surface area contributed by atoms with Gasteiger partial charge in [0.1, 0.15) is 23.0 Å². The van der Waals surface area contributed by atoms with Gasteiger partial charge >= 0.3 is 31.3 Å². The highest BCUT2D eigenvalue weighted by molar-refractivity contribution is 7.88. The van der Waals surface area contributed by atoms with Crippen molar-refractivity contribution >= 4 is 84.9 Å². The van der Waals surface area contributed by atoms with Crippen molar-refractivity contribution in [3.05, 3.63) is 121 Å². The predicted octanol–water partition coefficient (Wildman–Crippen LogP) is 10.2. The normalized spacial score (nSPS) is 12.7. The van der Waals surface area contributed by atoms with Gasteiger partial charge in [-0.3, -0.25) is 0 Å². The number of hydrogen-bond donors (Lipinski definition) is 2. The lowest BCUT2D eigenvalue weighted by Gasteiger charge is -2.14. The number of fused-ring (bicyclic) bond motifs is 12. The fourth-order valence-corrected chi connectivity index (χ4v) is 7.20. The number of benzene rings is 8. The Kier molecular flexibility index (Phi) is 8.65. The molecule has 0 spiro atoms. The van der Waals surface area contributed by atoms with Gasteiger partial charge in [0.15, 0.2) is 0 Å². The lowest BCUT2D eigenvalue weighted by atomic mass is 9.94. The Morgan fingerprint density at radius 2 is 0.630 bits per heavy atom. The third kappa shape index (κ3) is 6.47. The van der Waals surface area contributed by atoms with Gasteiger partial charge in [-0.25, -0.2) is 0 Å². The van der Waals surface area contributed by atoms with Gasteiger partial charge in [-0.05, 0) is 125 Å². The van der Waals surface area contributed by atoms with Crippen LogP contribution in [0.5, 0.6) is 23.0 Å². The maximum Gasteiger partial charge on any atom is 0.534 e. The lowest BCUT2D eigenvalue weighted by molar-refractivity contribution is -0.0504. The van der Waals surface area contributed by atoms with Gasteiger partial charge in [0.2, 0.25) is 0 Å². The first-order valence-corrected chi connectivity index (χ1v) is 18.3. The van der Waals surface area contributed by atoms with Crippen molar-refractivity contribution in [2.45, 2.75) is 11.0 Å². The first kappa shape index (κ1) is 36.4. The first-order valence-electron chi connectivity index (χ1n) is 15.5. The third-order valence-electron chi connectivity index (χ3n) is 8.56. The number of phenolic OH excluding ortho intramolecular Hbond substituents is 2. The fraction of sp³-hybridized carbons (Fsp3) is 0.0526. The van der Waals surface area contributed by atoms with E-state index >= 15 is 0 Å². The Morgan fingerprint density at radius 3 is 0.926 bits per heavy atom. The van der Waals surface area contributed by atoms with E-state index in [1.54, 1.807) is 48.5 Å². The second-order valence-corrected chi connectivity index (χ2v) is 15.0. The molecule has 0 amide bonds. The molecule has 276 valence electrons. The van der Waals surface area contributed by atoms with Crippen LogP contribution in [0.4, 0.5) is 26.3 Å². The molecule has 0 aromatic heterocycles. The summed E-state index contributed by atoms with van der Waals surface area (Å²) in [5, 5.41) is 28.0. The maximum absolute atomic E-state index is 12.7. The van der Waals surface area contributed by atoms with Gasteiger partial charge in [-0.2, -0.15) is 43.2 Å². The van der Waals surface area contributed by atoms with E-state index in [2.05, 4.69) is 8.37 Å². The summed E-state index contributed by atoms with van der Waals surface area (Å²) in [5.74, 6) is -0.683. The number of aromatic hydroxyl groups is 2. The van der Waals surface area contributed by atoms with Gasteiger partial charge in [0.25, 0.3) is 0 Å². The SMILES string of the molecule is O=S(=O)(Oc1ccc2c3ccc(OS(=O)(=O)C(F)(F)F)cc3c3ccccc3c2c1)C(F)(F)F.Oc1ccc2c3ccc(O)cc3c3ccccc3c2c1. The third-order valence-corrected chi connectivity index (χ3v) is 10.5. The van der Waals surface area contributed by atoms with E-state index in [1.807, 2.05) is 36.4 Å². The minimum atomic E-state index is -5.92. The molecule has 0 unspecified atom stereocenters. The number of halogens is 6. The number of phenols is 2. The quantitative estimate of drug-likeness (QED) is 0.0782. The van der Waals surface area contributed by atoms with E-state index < -0.39 is 42.8 Å². The van der Waals surface area contributed by atoms with Crippen LogP contribution in [-0.2, 0) is 20.2 Å². The van der Waals surface area contributed by atoms with Crippen molar-refractivity contribution < 1.29 is 61.8 Å². The van der Waals surface area contributed by atoms with E-state index in [0.29, 0.717) is 21.5 Å². The molecule has 0 aliphatic rings. The van der Waals surface area contributed by atoms with Crippen LogP contribution in [0.25, 0.3) is 64.6 Å². The first-order chi connectivity index (χ1) is 25.3. The Labute approximate surface area is 301 Å². The van der Waals surface area contributed by atoms with Gasteiger partial charge in [-0.1, -0.05) is 60.7 Å².